The van der Waals surface area contributed by atoms with Crippen LogP contribution in [0.4, 0.5) is 0 Å². The third-order valence-corrected chi connectivity index (χ3v) is 5.46. The van der Waals surface area contributed by atoms with E-state index in [0.29, 0.717) is 13.1 Å². The molecule has 24 heavy (non-hydrogen) atoms. The van der Waals surface area contributed by atoms with E-state index in [1.54, 1.807) is 11.3 Å². The standard InChI is InChI=1S/C15H19N5O3S/c1-9-10(2)24-14(16-9)11-4-3-5-19(6-11)13(21)8-20-7-12(15(22)23)17-18-20/h7,11H,3-6,8H2,1-2H3,(H,22,23). The number of aromatic nitrogens is 4. The maximum atomic E-state index is 12.5. The number of aromatic carboxylic acids is 1. The minimum absolute atomic E-state index is 0.00290. The second-order valence-electron chi connectivity index (χ2n) is 5.98. The Bertz CT molecular complexity index is 750. The van der Waals surface area contributed by atoms with Gasteiger partial charge in [-0.2, -0.15) is 0 Å². The first-order chi connectivity index (χ1) is 11.4. The van der Waals surface area contributed by atoms with E-state index in [2.05, 4.69) is 22.2 Å². The van der Waals surface area contributed by atoms with Gasteiger partial charge in [-0.05, 0) is 26.7 Å². The summed E-state index contributed by atoms with van der Waals surface area (Å²) in [5, 5.41) is 17.2. The number of thiazole rings is 1. The summed E-state index contributed by atoms with van der Waals surface area (Å²) in [7, 11) is 0. The van der Waals surface area contributed by atoms with Crippen molar-refractivity contribution in [3.05, 3.63) is 27.5 Å². The van der Waals surface area contributed by atoms with Gasteiger partial charge in [0.1, 0.15) is 6.54 Å². The molecule has 128 valence electrons. The van der Waals surface area contributed by atoms with Gasteiger partial charge in [-0.15, -0.1) is 16.4 Å². The van der Waals surface area contributed by atoms with Gasteiger partial charge in [0.15, 0.2) is 5.69 Å². The van der Waals surface area contributed by atoms with Gasteiger partial charge in [-0.3, -0.25) is 4.79 Å². The first-order valence-corrected chi connectivity index (χ1v) is 8.61. The zero-order valence-corrected chi connectivity index (χ0v) is 14.4. The molecule has 1 saturated heterocycles. The van der Waals surface area contributed by atoms with E-state index < -0.39 is 5.97 Å². The molecular formula is C15H19N5O3S. The molecule has 1 aliphatic heterocycles. The van der Waals surface area contributed by atoms with Crippen LogP contribution in [0.5, 0.6) is 0 Å². The normalized spacial score (nSPS) is 17.9. The predicted molar refractivity (Wildman–Crippen MR) is 87.1 cm³/mol. The molecule has 9 heteroatoms. The van der Waals surface area contributed by atoms with Gasteiger partial charge in [-0.1, -0.05) is 5.21 Å². The molecule has 0 aliphatic carbocycles. The van der Waals surface area contributed by atoms with Crippen molar-refractivity contribution < 1.29 is 14.7 Å². The van der Waals surface area contributed by atoms with Crippen LogP contribution in [0.3, 0.4) is 0 Å². The molecule has 1 unspecified atom stereocenters. The van der Waals surface area contributed by atoms with Crippen LogP contribution >= 0.6 is 11.3 Å². The largest absolute Gasteiger partial charge is 0.476 e. The van der Waals surface area contributed by atoms with E-state index in [4.69, 9.17) is 5.11 Å². The monoisotopic (exact) mass is 349 g/mol. The molecule has 3 heterocycles. The fourth-order valence-corrected chi connectivity index (χ4v) is 3.84. The third kappa shape index (κ3) is 3.45. The summed E-state index contributed by atoms with van der Waals surface area (Å²) in [5.74, 6) is -0.960. The lowest BCUT2D eigenvalue weighted by Gasteiger charge is -2.31. The quantitative estimate of drug-likeness (QED) is 0.896. The number of carboxylic acid groups (broad SMARTS) is 1. The number of piperidine rings is 1. The number of hydrogen-bond donors (Lipinski definition) is 1. The Morgan fingerprint density at radius 1 is 1.42 bits per heavy atom. The predicted octanol–water partition coefficient (Wildman–Crippen LogP) is 1.46. The van der Waals surface area contributed by atoms with Crippen molar-refractivity contribution in [3.63, 3.8) is 0 Å². The summed E-state index contributed by atoms with van der Waals surface area (Å²) < 4.78 is 1.27. The Morgan fingerprint density at radius 2 is 2.21 bits per heavy atom. The molecule has 0 radical (unpaired) electrons. The minimum Gasteiger partial charge on any atom is -0.476 e. The van der Waals surface area contributed by atoms with Crippen LogP contribution < -0.4 is 0 Å². The lowest BCUT2D eigenvalue weighted by Crippen LogP contribution is -2.40. The van der Waals surface area contributed by atoms with Crippen LogP contribution in [0, 0.1) is 13.8 Å². The fourth-order valence-electron chi connectivity index (χ4n) is 2.79. The van der Waals surface area contributed by atoms with Gasteiger partial charge in [0, 0.05) is 23.9 Å². The minimum atomic E-state index is -1.15. The highest BCUT2D eigenvalue weighted by Crippen LogP contribution is 2.31. The second-order valence-corrected chi connectivity index (χ2v) is 7.21. The first kappa shape index (κ1) is 16.6. The topological polar surface area (TPSA) is 101 Å². The number of carbonyl (C=O) groups is 2. The molecule has 1 fully saturated rings. The molecule has 1 N–H and O–H groups in total. The van der Waals surface area contributed by atoms with Crippen molar-refractivity contribution in [1.29, 1.82) is 0 Å². The van der Waals surface area contributed by atoms with Crippen molar-refractivity contribution >= 4 is 23.2 Å². The van der Waals surface area contributed by atoms with Gasteiger partial charge >= 0.3 is 5.97 Å². The number of rotatable bonds is 4. The molecule has 1 aliphatic rings. The van der Waals surface area contributed by atoms with Crippen LogP contribution in [0.1, 0.15) is 44.8 Å². The van der Waals surface area contributed by atoms with Gasteiger partial charge in [0.05, 0.1) is 16.9 Å². The Morgan fingerprint density at radius 3 is 2.83 bits per heavy atom. The van der Waals surface area contributed by atoms with Crippen molar-refractivity contribution in [1.82, 2.24) is 24.9 Å². The average molecular weight is 349 g/mol. The molecule has 0 aromatic carbocycles. The Balaban J connectivity index is 1.65. The highest BCUT2D eigenvalue weighted by Gasteiger charge is 2.27. The summed E-state index contributed by atoms with van der Waals surface area (Å²) in [6, 6.07) is 0. The summed E-state index contributed by atoms with van der Waals surface area (Å²) in [6.07, 6.45) is 3.24. The number of carboxylic acids is 1. The average Bonchev–Trinajstić information content (AvgIpc) is 3.15. The highest BCUT2D eigenvalue weighted by atomic mass is 32.1. The Labute approximate surface area is 143 Å². The number of carbonyl (C=O) groups excluding carboxylic acids is 1. The molecule has 0 saturated carbocycles. The smallest absolute Gasteiger partial charge is 0.358 e. The molecule has 3 rings (SSSR count). The Hall–Kier alpha value is -2.29. The Kier molecular flexibility index (Phi) is 4.61. The summed E-state index contributed by atoms with van der Waals surface area (Å²) in [4.78, 5) is 30.9. The maximum absolute atomic E-state index is 12.5. The zero-order chi connectivity index (χ0) is 17.3. The van der Waals surface area contributed by atoms with Crippen LogP contribution in [0.2, 0.25) is 0 Å². The molecule has 1 atom stereocenters. The molecule has 1 amide bonds. The maximum Gasteiger partial charge on any atom is 0.358 e. The summed E-state index contributed by atoms with van der Waals surface area (Å²) >= 11 is 1.70. The molecule has 2 aromatic heterocycles. The number of nitrogens with zero attached hydrogens (tertiary/aromatic N) is 5. The lowest BCUT2D eigenvalue weighted by atomic mass is 9.98. The van der Waals surface area contributed by atoms with Gasteiger partial charge < -0.3 is 10.0 Å². The second kappa shape index (κ2) is 6.68. The molecular weight excluding hydrogens is 330 g/mol. The van der Waals surface area contributed by atoms with Gasteiger partial charge in [0.2, 0.25) is 5.91 Å². The van der Waals surface area contributed by atoms with Gasteiger partial charge in [-0.25, -0.2) is 14.5 Å². The van der Waals surface area contributed by atoms with Crippen LogP contribution in [0.15, 0.2) is 6.20 Å². The van der Waals surface area contributed by atoms with E-state index in [-0.39, 0.29) is 24.1 Å². The van der Waals surface area contributed by atoms with Crippen molar-refractivity contribution in [2.45, 2.75) is 39.2 Å². The van der Waals surface area contributed by atoms with Gasteiger partial charge in [0.25, 0.3) is 0 Å². The van der Waals surface area contributed by atoms with Crippen molar-refractivity contribution in [3.8, 4) is 0 Å². The lowest BCUT2D eigenvalue weighted by molar-refractivity contribution is -0.133. The third-order valence-electron chi connectivity index (χ3n) is 4.22. The van der Waals surface area contributed by atoms with Crippen molar-refractivity contribution in [2.24, 2.45) is 0 Å². The number of amides is 1. The fraction of sp³-hybridized carbons (Fsp3) is 0.533. The summed E-state index contributed by atoms with van der Waals surface area (Å²) in [5.41, 5.74) is 0.898. The number of hydrogen-bond acceptors (Lipinski definition) is 6. The van der Waals surface area contributed by atoms with E-state index >= 15 is 0 Å². The summed E-state index contributed by atoms with van der Waals surface area (Å²) in [6.45, 7) is 5.42. The van der Waals surface area contributed by atoms with E-state index in [0.717, 1.165) is 23.5 Å². The van der Waals surface area contributed by atoms with E-state index in [1.807, 2.05) is 11.8 Å². The van der Waals surface area contributed by atoms with Crippen LogP contribution in [-0.2, 0) is 11.3 Å². The zero-order valence-electron chi connectivity index (χ0n) is 13.6. The molecule has 0 bridgehead atoms. The number of likely N-dealkylation sites (tertiary alicyclic amines) is 1. The SMILES string of the molecule is Cc1nc(C2CCCN(C(=O)Cn3cc(C(=O)O)nn3)C2)sc1C. The van der Waals surface area contributed by atoms with E-state index in [9.17, 15) is 9.59 Å². The van der Waals surface area contributed by atoms with Crippen LogP contribution in [0.25, 0.3) is 0 Å². The van der Waals surface area contributed by atoms with Crippen molar-refractivity contribution in [2.75, 3.05) is 13.1 Å². The van der Waals surface area contributed by atoms with Crippen LogP contribution in [-0.4, -0.2) is 55.0 Å². The molecule has 2 aromatic rings. The highest BCUT2D eigenvalue weighted by molar-refractivity contribution is 7.11. The number of aryl methyl sites for hydroxylation is 2. The van der Waals surface area contributed by atoms with E-state index in [1.165, 1.54) is 15.8 Å². The molecule has 0 spiro atoms. The molecule has 8 nitrogen and oxygen atoms in total. The first-order valence-electron chi connectivity index (χ1n) is 7.79.